The van der Waals surface area contributed by atoms with Crippen molar-refractivity contribution in [3.8, 4) is 6.07 Å². The molecule has 2 nitrogen and oxygen atoms in total. The van der Waals surface area contributed by atoms with Crippen LogP contribution in [0, 0.1) is 11.3 Å². The Morgan fingerprint density at radius 1 is 1.41 bits per heavy atom. The van der Waals surface area contributed by atoms with Crippen LogP contribution in [0.2, 0.25) is 5.02 Å². The number of nitriles is 1. The molecule has 0 aliphatic rings. The van der Waals surface area contributed by atoms with Gasteiger partial charge in [-0.25, -0.2) is 0 Å². The Kier molecular flexibility index (Phi) is 5.63. The minimum Gasteiger partial charge on any atom is -0.497 e. The topological polar surface area (TPSA) is 33.0 Å². The van der Waals surface area contributed by atoms with E-state index in [1.807, 2.05) is 30.3 Å². The van der Waals surface area contributed by atoms with Gasteiger partial charge in [-0.2, -0.15) is 5.26 Å². The Morgan fingerprint density at radius 2 is 2.12 bits per heavy atom. The van der Waals surface area contributed by atoms with Crippen LogP contribution in [0.25, 0.3) is 0 Å². The van der Waals surface area contributed by atoms with Crippen molar-refractivity contribution in [2.75, 3.05) is 0 Å². The lowest BCUT2D eigenvalue weighted by atomic mass is 10.2. The van der Waals surface area contributed by atoms with E-state index < -0.39 is 0 Å². The van der Waals surface area contributed by atoms with E-state index in [9.17, 15) is 0 Å². The Bertz CT molecular complexity index is 466. The maximum absolute atomic E-state index is 8.61. The second-order valence-electron chi connectivity index (χ2n) is 3.20. The van der Waals surface area contributed by atoms with Crippen LogP contribution < -0.4 is 0 Å². The maximum atomic E-state index is 8.61. The van der Waals surface area contributed by atoms with E-state index in [0.29, 0.717) is 17.2 Å². The number of halogens is 1. The van der Waals surface area contributed by atoms with Crippen molar-refractivity contribution in [1.82, 2.24) is 0 Å². The highest BCUT2D eigenvalue weighted by Crippen LogP contribution is 2.10. The molecule has 1 aromatic rings. The Labute approximate surface area is 106 Å². The zero-order valence-electron chi connectivity index (χ0n) is 9.27. The van der Waals surface area contributed by atoms with Crippen molar-refractivity contribution in [3.63, 3.8) is 0 Å². The Balaban J connectivity index is 2.40. The fraction of sp³-hybridized carbons (Fsp3) is 0.0714. The molecule has 0 N–H and O–H groups in total. The lowest BCUT2D eigenvalue weighted by molar-refractivity contribution is 0.236. The van der Waals surface area contributed by atoms with Crippen LogP contribution in [0.3, 0.4) is 0 Å². The number of benzene rings is 1. The van der Waals surface area contributed by atoms with Crippen LogP contribution in [0.1, 0.15) is 5.56 Å². The van der Waals surface area contributed by atoms with Gasteiger partial charge in [0.25, 0.3) is 0 Å². The van der Waals surface area contributed by atoms with E-state index in [0.717, 1.165) is 5.56 Å². The first kappa shape index (κ1) is 13.1. The number of nitrogens with zero attached hydrogens (tertiary/aromatic N) is 1. The summed E-state index contributed by atoms with van der Waals surface area (Å²) in [5, 5.41) is 9.32. The molecule has 0 aliphatic carbocycles. The molecule has 0 bridgehead atoms. The molecule has 0 fully saturated rings. The highest BCUT2D eigenvalue weighted by Gasteiger charge is 1.91. The number of allylic oxidation sites excluding steroid dienone is 4. The van der Waals surface area contributed by atoms with Crippen LogP contribution >= 0.6 is 11.6 Å². The summed E-state index contributed by atoms with van der Waals surface area (Å²) >= 11 is 5.76. The van der Waals surface area contributed by atoms with Crippen molar-refractivity contribution < 1.29 is 4.74 Å². The fourth-order valence-corrected chi connectivity index (χ4v) is 1.20. The molecule has 0 aliphatic heterocycles. The van der Waals surface area contributed by atoms with Crippen molar-refractivity contribution in [3.05, 3.63) is 71.5 Å². The van der Waals surface area contributed by atoms with Crippen LogP contribution in [0.15, 0.2) is 60.9 Å². The van der Waals surface area contributed by atoms with E-state index in [1.165, 1.54) is 12.3 Å². The molecule has 0 saturated heterocycles. The number of hydrogen-bond acceptors (Lipinski definition) is 2. The third-order valence-corrected chi connectivity index (χ3v) is 2.21. The van der Waals surface area contributed by atoms with E-state index in [-0.39, 0.29) is 0 Å². The van der Waals surface area contributed by atoms with Crippen LogP contribution in [-0.4, -0.2) is 0 Å². The highest BCUT2D eigenvalue weighted by atomic mass is 35.5. The first-order valence-corrected chi connectivity index (χ1v) is 5.39. The summed E-state index contributed by atoms with van der Waals surface area (Å²) in [6.45, 7) is 3.98. The van der Waals surface area contributed by atoms with Gasteiger partial charge in [0, 0.05) is 5.02 Å². The molecule has 0 aromatic heterocycles. The van der Waals surface area contributed by atoms with Gasteiger partial charge in [-0.3, -0.25) is 0 Å². The van der Waals surface area contributed by atoms with Gasteiger partial charge in [-0.1, -0.05) is 36.4 Å². The summed E-state index contributed by atoms with van der Waals surface area (Å²) < 4.78 is 5.29. The van der Waals surface area contributed by atoms with Crippen LogP contribution in [0.5, 0.6) is 0 Å². The predicted molar refractivity (Wildman–Crippen MR) is 69.3 cm³/mol. The van der Waals surface area contributed by atoms with Crippen molar-refractivity contribution >= 4 is 11.6 Å². The summed E-state index contributed by atoms with van der Waals surface area (Å²) in [7, 11) is 0. The third-order valence-electron chi connectivity index (χ3n) is 1.96. The molecule has 0 heterocycles. The molecule has 1 aromatic carbocycles. The first-order valence-electron chi connectivity index (χ1n) is 5.01. The number of ether oxygens (including phenoxy) is 1. The van der Waals surface area contributed by atoms with Crippen LogP contribution in [-0.2, 0) is 11.3 Å². The standard InChI is InChI=1S/C14H12ClNO/c1-2-12(10-16)4-3-9-17-11-13-5-7-14(15)8-6-13/h2-9H,1,11H2/b9-3+,12-4+. The van der Waals surface area contributed by atoms with Gasteiger partial charge in [0.1, 0.15) is 6.61 Å². The normalized spacial score (nSPS) is 11.2. The number of hydrogen-bond donors (Lipinski definition) is 0. The van der Waals surface area contributed by atoms with Gasteiger partial charge in [-0.05, 0) is 29.8 Å². The molecule has 0 radical (unpaired) electrons. The molecular formula is C14H12ClNO. The summed E-state index contributed by atoms with van der Waals surface area (Å²) in [4.78, 5) is 0. The molecule has 0 saturated carbocycles. The van der Waals surface area contributed by atoms with Gasteiger partial charge >= 0.3 is 0 Å². The average molecular weight is 246 g/mol. The second kappa shape index (κ2) is 7.32. The summed E-state index contributed by atoms with van der Waals surface area (Å²) in [6.07, 6.45) is 6.32. The smallest absolute Gasteiger partial charge is 0.112 e. The minimum atomic E-state index is 0.470. The molecule has 86 valence electrons. The quantitative estimate of drug-likeness (QED) is 0.446. The molecule has 0 atom stereocenters. The molecule has 17 heavy (non-hydrogen) atoms. The highest BCUT2D eigenvalue weighted by molar-refractivity contribution is 6.30. The molecule has 0 spiro atoms. The van der Waals surface area contributed by atoms with E-state index in [1.54, 1.807) is 12.2 Å². The molecular weight excluding hydrogens is 234 g/mol. The van der Waals surface area contributed by atoms with E-state index >= 15 is 0 Å². The number of rotatable bonds is 5. The summed E-state index contributed by atoms with van der Waals surface area (Å²) in [6, 6.07) is 9.42. The Hall–Kier alpha value is -1.98. The molecule has 0 unspecified atom stereocenters. The minimum absolute atomic E-state index is 0.470. The zero-order valence-corrected chi connectivity index (χ0v) is 10.0. The SMILES string of the molecule is C=C/C(C#N)=C\C=C\OCc1ccc(Cl)cc1. The second-order valence-corrected chi connectivity index (χ2v) is 3.64. The van der Waals surface area contributed by atoms with Gasteiger partial charge in [0.05, 0.1) is 17.9 Å². The van der Waals surface area contributed by atoms with Crippen molar-refractivity contribution in [2.45, 2.75) is 6.61 Å². The largest absolute Gasteiger partial charge is 0.497 e. The van der Waals surface area contributed by atoms with Gasteiger partial charge in [-0.15, -0.1) is 0 Å². The lowest BCUT2D eigenvalue weighted by Gasteiger charge is -2.00. The molecule has 3 heteroatoms. The predicted octanol–water partition coefficient (Wildman–Crippen LogP) is 4.01. The van der Waals surface area contributed by atoms with Crippen molar-refractivity contribution in [2.24, 2.45) is 0 Å². The Morgan fingerprint density at radius 3 is 2.71 bits per heavy atom. The monoisotopic (exact) mass is 245 g/mol. The van der Waals surface area contributed by atoms with Crippen LogP contribution in [0.4, 0.5) is 0 Å². The maximum Gasteiger partial charge on any atom is 0.112 e. The third kappa shape index (κ3) is 5.05. The molecule has 0 amide bonds. The van der Waals surface area contributed by atoms with E-state index in [4.69, 9.17) is 21.6 Å². The van der Waals surface area contributed by atoms with Crippen molar-refractivity contribution in [1.29, 1.82) is 5.26 Å². The zero-order chi connectivity index (χ0) is 12.5. The first-order chi connectivity index (χ1) is 8.26. The fourth-order valence-electron chi connectivity index (χ4n) is 1.07. The van der Waals surface area contributed by atoms with Gasteiger partial charge < -0.3 is 4.74 Å². The summed E-state index contributed by atoms with van der Waals surface area (Å²) in [5.41, 5.74) is 1.53. The van der Waals surface area contributed by atoms with Gasteiger partial charge in [0.15, 0.2) is 0 Å². The average Bonchev–Trinajstić information content (AvgIpc) is 2.36. The molecule has 1 rings (SSSR count). The lowest BCUT2D eigenvalue weighted by Crippen LogP contribution is -1.85. The van der Waals surface area contributed by atoms with E-state index in [2.05, 4.69) is 6.58 Å². The van der Waals surface area contributed by atoms with Gasteiger partial charge in [0.2, 0.25) is 0 Å². The summed E-state index contributed by atoms with van der Waals surface area (Å²) in [5.74, 6) is 0.